The van der Waals surface area contributed by atoms with Gasteiger partial charge in [0.15, 0.2) is 5.65 Å². The maximum absolute atomic E-state index is 13.6. The van der Waals surface area contributed by atoms with Gasteiger partial charge < -0.3 is 17.2 Å². The predicted molar refractivity (Wildman–Crippen MR) is 128 cm³/mol. The zero-order valence-corrected chi connectivity index (χ0v) is 19.0. The molecule has 9 nitrogen and oxygen atoms in total. The molecule has 1 aromatic carbocycles. The minimum atomic E-state index is -0.264. The molecule has 2 atom stereocenters. The summed E-state index contributed by atoms with van der Waals surface area (Å²) in [5.74, 6) is -0.270. The van der Waals surface area contributed by atoms with Crippen LogP contribution >= 0.6 is 23.4 Å². The molecule has 6 N–H and O–H groups in total. The van der Waals surface area contributed by atoms with Gasteiger partial charge in [-0.25, -0.2) is 13.9 Å². The van der Waals surface area contributed by atoms with Gasteiger partial charge in [0.2, 0.25) is 5.95 Å². The Balaban J connectivity index is 0.000000200. The minimum Gasteiger partial charge on any atom is -0.382 e. The molecule has 33 heavy (non-hydrogen) atoms. The Morgan fingerprint density at radius 3 is 2.52 bits per heavy atom. The van der Waals surface area contributed by atoms with E-state index in [2.05, 4.69) is 27.0 Å². The first-order chi connectivity index (χ1) is 15.8. The Kier molecular flexibility index (Phi) is 6.22. The number of hydrogen-bond acceptors (Lipinski definition) is 9. The van der Waals surface area contributed by atoms with Gasteiger partial charge >= 0.3 is 0 Å². The normalized spacial score (nSPS) is 17.0. The number of aromatic nitrogens is 5. The average molecular weight is 484 g/mol. The van der Waals surface area contributed by atoms with Gasteiger partial charge in [0.25, 0.3) is 0 Å². The van der Waals surface area contributed by atoms with Gasteiger partial charge in [0.05, 0.1) is 11.9 Å². The second-order valence-electron chi connectivity index (χ2n) is 7.33. The molecule has 1 saturated heterocycles. The molecule has 2 unspecified atom stereocenters. The Morgan fingerprint density at radius 1 is 1.21 bits per heavy atom. The number of hydrogen-bond donors (Lipinski definition) is 3. The topological polar surface area (TPSA) is 158 Å². The van der Waals surface area contributed by atoms with E-state index < -0.39 is 0 Å². The number of nitriles is 1. The molecule has 5 rings (SSSR count). The van der Waals surface area contributed by atoms with Crippen molar-refractivity contribution in [1.82, 2.24) is 24.6 Å². The lowest BCUT2D eigenvalue weighted by Gasteiger charge is -2.33. The van der Waals surface area contributed by atoms with Crippen molar-refractivity contribution in [3.63, 3.8) is 0 Å². The van der Waals surface area contributed by atoms with Gasteiger partial charge in [-0.3, -0.25) is 0 Å². The molecule has 4 heterocycles. The number of nitrogens with two attached hydrogens (primary N) is 3. The van der Waals surface area contributed by atoms with E-state index in [1.54, 1.807) is 22.8 Å². The maximum Gasteiger partial charge on any atom is 0.224 e. The van der Waals surface area contributed by atoms with Crippen molar-refractivity contribution >= 4 is 46.6 Å². The van der Waals surface area contributed by atoms with Gasteiger partial charge in [-0.05, 0) is 18.6 Å². The molecular weight excluding hydrogens is 465 g/mol. The smallest absolute Gasteiger partial charge is 0.224 e. The molecule has 168 valence electrons. The van der Waals surface area contributed by atoms with Gasteiger partial charge in [0.1, 0.15) is 34.1 Å². The number of fused-ring (bicyclic) bond motifs is 1. The number of halogens is 2. The number of nitrogen functional groups attached to an aromatic ring is 3. The van der Waals surface area contributed by atoms with Crippen LogP contribution in [0.2, 0.25) is 5.02 Å². The molecule has 1 aliphatic heterocycles. The fourth-order valence-electron chi connectivity index (χ4n) is 3.40. The lowest BCUT2D eigenvalue weighted by molar-refractivity contribution is 0.628. The van der Waals surface area contributed by atoms with Crippen LogP contribution in [0.5, 0.6) is 0 Å². The third-order valence-corrected chi connectivity index (χ3v) is 6.66. The third-order valence-electron chi connectivity index (χ3n) is 4.96. The highest BCUT2D eigenvalue weighted by Crippen LogP contribution is 2.50. The summed E-state index contributed by atoms with van der Waals surface area (Å²) in [4.78, 5) is 11.8. The van der Waals surface area contributed by atoms with Gasteiger partial charge in [-0.2, -0.15) is 32.1 Å². The van der Waals surface area contributed by atoms with Crippen molar-refractivity contribution in [1.29, 1.82) is 5.26 Å². The molecule has 4 aromatic rings. The standard InChI is InChI=1S/C16H13ClFN3S.C5H6N6/c1-9-5-14(22-9)12-8-21-16(13(17)7-19-21)20-15(12)10-3-2-4-11(18)6-10;6-1-2-3(7)10-5(9)11-4(2)8/h2-4,6-9,14H,5H2,1H3;(H6,7,8,9,10,11). The van der Waals surface area contributed by atoms with Crippen molar-refractivity contribution in [2.24, 2.45) is 0 Å². The molecule has 3 aromatic heterocycles. The summed E-state index contributed by atoms with van der Waals surface area (Å²) in [5, 5.41) is 14.2. The van der Waals surface area contributed by atoms with E-state index in [1.807, 2.05) is 24.0 Å². The van der Waals surface area contributed by atoms with E-state index in [4.69, 9.17) is 34.1 Å². The van der Waals surface area contributed by atoms with Crippen LogP contribution in [0.4, 0.5) is 22.0 Å². The van der Waals surface area contributed by atoms with Crippen molar-refractivity contribution in [3.05, 3.63) is 58.6 Å². The Morgan fingerprint density at radius 2 is 1.91 bits per heavy atom. The van der Waals surface area contributed by atoms with Crippen molar-refractivity contribution in [2.45, 2.75) is 23.8 Å². The number of anilines is 3. The Labute approximate surface area is 197 Å². The lowest BCUT2D eigenvalue weighted by atomic mass is 10.0. The number of nitrogens with zero attached hydrogens (tertiary/aromatic N) is 6. The van der Waals surface area contributed by atoms with Crippen molar-refractivity contribution in [2.75, 3.05) is 17.2 Å². The SMILES string of the molecule is CC1CC(c2cn3ncc(Cl)c3nc2-c2cccc(F)c2)S1.N#Cc1c(N)nc(N)nc1N. The molecule has 1 aliphatic rings. The van der Waals surface area contributed by atoms with Crippen LogP contribution in [0.3, 0.4) is 0 Å². The largest absolute Gasteiger partial charge is 0.382 e. The summed E-state index contributed by atoms with van der Waals surface area (Å²) in [7, 11) is 0. The zero-order valence-electron chi connectivity index (χ0n) is 17.4. The fourth-order valence-corrected chi connectivity index (χ4v) is 4.80. The van der Waals surface area contributed by atoms with Crippen molar-refractivity contribution in [3.8, 4) is 17.3 Å². The van der Waals surface area contributed by atoms with E-state index in [9.17, 15) is 4.39 Å². The monoisotopic (exact) mass is 483 g/mol. The lowest BCUT2D eigenvalue weighted by Crippen LogP contribution is -2.18. The van der Waals surface area contributed by atoms with Gasteiger partial charge in [-0.15, -0.1) is 0 Å². The molecular formula is C21H19ClFN9S. The van der Waals surface area contributed by atoms with Crippen LogP contribution in [0.1, 0.15) is 29.7 Å². The summed E-state index contributed by atoms with van der Waals surface area (Å²) in [6.07, 6.45) is 4.65. The van der Waals surface area contributed by atoms with Crippen LogP contribution in [0.25, 0.3) is 16.9 Å². The second kappa shape index (κ2) is 9.09. The summed E-state index contributed by atoms with van der Waals surface area (Å²) >= 11 is 8.04. The van der Waals surface area contributed by atoms with Crippen LogP contribution in [-0.2, 0) is 0 Å². The highest BCUT2D eigenvalue weighted by molar-refractivity contribution is 8.01. The minimum absolute atomic E-state index is 0.0116. The molecule has 0 radical (unpaired) electrons. The van der Waals surface area contributed by atoms with Crippen LogP contribution in [0.15, 0.2) is 36.7 Å². The van der Waals surface area contributed by atoms with Crippen LogP contribution < -0.4 is 17.2 Å². The number of thioether (sulfide) groups is 1. The predicted octanol–water partition coefficient (Wildman–Crippen LogP) is 3.85. The fraction of sp³-hybridized carbons (Fsp3) is 0.190. The van der Waals surface area contributed by atoms with E-state index in [0.29, 0.717) is 21.2 Å². The second-order valence-corrected chi connectivity index (χ2v) is 9.38. The van der Waals surface area contributed by atoms with E-state index in [0.717, 1.165) is 23.2 Å². The van der Waals surface area contributed by atoms with E-state index in [1.165, 1.54) is 12.1 Å². The first-order valence-corrected chi connectivity index (χ1v) is 11.1. The molecule has 0 aliphatic carbocycles. The highest BCUT2D eigenvalue weighted by atomic mass is 35.5. The summed E-state index contributed by atoms with van der Waals surface area (Å²) < 4.78 is 15.3. The summed E-state index contributed by atoms with van der Waals surface area (Å²) in [6, 6.07) is 8.29. The number of benzene rings is 1. The quantitative estimate of drug-likeness (QED) is 0.385. The van der Waals surface area contributed by atoms with Gasteiger partial charge in [-0.1, -0.05) is 30.7 Å². The van der Waals surface area contributed by atoms with Crippen LogP contribution in [0, 0.1) is 17.1 Å². The Bertz CT molecular complexity index is 1360. The van der Waals surface area contributed by atoms with E-state index in [-0.39, 0.29) is 29.0 Å². The zero-order chi connectivity index (χ0) is 23.7. The molecule has 0 saturated carbocycles. The molecule has 1 fully saturated rings. The highest BCUT2D eigenvalue weighted by Gasteiger charge is 2.31. The summed E-state index contributed by atoms with van der Waals surface area (Å²) in [5.41, 5.74) is 19.1. The maximum atomic E-state index is 13.6. The van der Waals surface area contributed by atoms with Crippen molar-refractivity contribution < 1.29 is 4.39 Å². The van der Waals surface area contributed by atoms with E-state index >= 15 is 0 Å². The number of rotatable bonds is 2. The molecule has 0 bridgehead atoms. The summed E-state index contributed by atoms with van der Waals surface area (Å²) in [6.45, 7) is 2.21. The molecule has 0 amide bonds. The molecule has 0 spiro atoms. The first-order valence-electron chi connectivity index (χ1n) is 9.80. The molecule has 12 heteroatoms. The van der Waals surface area contributed by atoms with Gasteiger partial charge in [0, 0.05) is 27.8 Å². The Hall–Kier alpha value is -3.62. The average Bonchev–Trinajstić information content (AvgIpc) is 3.10. The van der Waals surface area contributed by atoms with Crippen LogP contribution in [-0.4, -0.2) is 29.8 Å². The first kappa shape index (κ1) is 22.6. The third kappa shape index (κ3) is 4.62.